The van der Waals surface area contributed by atoms with Crippen molar-refractivity contribution in [3.63, 3.8) is 0 Å². The summed E-state index contributed by atoms with van der Waals surface area (Å²) in [6.07, 6.45) is 5.77. The first-order chi connectivity index (χ1) is 7.61. The Bertz CT molecular complexity index is 478. The molecule has 1 unspecified atom stereocenters. The molecule has 1 aromatic heterocycles. The second kappa shape index (κ2) is 4.26. The molecule has 0 aromatic carbocycles. The van der Waals surface area contributed by atoms with Gasteiger partial charge in [0.2, 0.25) is 5.91 Å². The maximum atomic E-state index is 11.8. The lowest BCUT2D eigenvalue weighted by atomic mass is 10.1. The zero-order valence-corrected chi connectivity index (χ0v) is 10.5. The largest absolute Gasteiger partial charge is 0.295 e. The minimum Gasteiger partial charge on any atom is -0.295 e. The van der Waals surface area contributed by atoms with Crippen molar-refractivity contribution in [3.05, 3.63) is 22.3 Å². The molecule has 1 atom stereocenters. The lowest BCUT2D eigenvalue weighted by Crippen LogP contribution is -2.26. The molecule has 1 aliphatic heterocycles. The first-order valence-corrected chi connectivity index (χ1v) is 5.80. The molecule has 2 heterocycles. The first-order valence-electron chi connectivity index (χ1n) is 5.01. The molecule has 2 rings (SSSR count). The highest BCUT2D eigenvalue weighted by Gasteiger charge is 2.30. The summed E-state index contributed by atoms with van der Waals surface area (Å²) in [4.78, 5) is 17.8. The number of hydrogen-bond acceptors (Lipinski definition) is 2. The molecule has 3 nitrogen and oxygen atoms in total. The van der Waals surface area contributed by atoms with Gasteiger partial charge in [0.1, 0.15) is 10.4 Å². The van der Waals surface area contributed by atoms with E-state index in [0.717, 1.165) is 10.2 Å². The van der Waals surface area contributed by atoms with Crippen LogP contribution in [0.2, 0.25) is 0 Å². The molecule has 1 aliphatic rings. The number of hydrogen-bond donors (Lipinski definition) is 0. The number of nitrogens with zero attached hydrogens (tertiary/aromatic N) is 2. The molecule has 1 amide bonds. The van der Waals surface area contributed by atoms with E-state index in [4.69, 9.17) is 6.42 Å². The zero-order valence-electron chi connectivity index (χ0n) is 8.90. The van der Waals surface area contributed by atoms with Crippen LogP contribution in [0.5, 0.6) is 0 Å². The Kier molecular flexibility index (Phi) is 2.97. The molecule has 0 bridgehead atoms. The van der Waals surface area contributed by atoms with Crippen LogP contribution in [0.15, 0.2) is 16.7 Å². The van der Waals surface area contributed by atoms with Gasteiger partial charge >= 0.3 is 0 Å². The van der Waals surface area contributed by atoms with E-state index in [-0.39, 0.29) is 11.8 Å². The van der Waals surface area contributed by atoms with Gasteiger partial charge in [-0.25, -0.2) is 4.98 Å². The van der Waals surface area contributed by atoms with Crippen LogP contribution in [0.25, 0.3) is 0 Å². The van der Waals surface area contributed by atoms with Crippen molar-refractivity contribution in [2.24, 2.45) is 5.92 Å². The molecule has 82 valence electrons. The number of aryl methyl sites for hydroxylation is 1. The monoisotopic (exact) mass is 278 g/mol. The fraction of sp³-hybridized carbons (Fsp3) is 0.333. The van der Waals surface area contributed by atoms with Crippen LogP contribution < -0.4 is 4.90 Å². The Hall–Kier alpha value is -1.34. The molecule has 0 aliphatic carbocycles. The van der Waals surface area contributed by atoms with Gasteiger partial charge in [0.25, 0.3) is 0 Å². The highest BCUT2D eigenvalue weighted by molar-refractivity contribution is 9.10. The average molecular weight is 279 g/mol. The number of aromatic nitrogens is 1. The first kappa shape index (κ1) is 11.2. The second-order valence-electron chi connectivity index (χ2n) is 3.85. The molecule has 16 heavy (non-hydrogen) atoms. The summed E-state index contributed by atoms with van der Waals surface area (Å²) >= 11 is 3.31. The minimum atomic E-state index is 0.00711. The van der Waals surface area contributed by atoms with E-state index >= 15 is 0 Å². The predicted molar refractivity (Wildman–Crippen MR) is 66.0 cm³/mol. The third-order valence-corrected chi connectivity index (χ3v) is 3.09. The van der Waals surface area contributed by atoms with Gasteiger partial charge in [-0.15, -0.1) is 12.3 Å². The van der Waals surface area contributed by atoms with Gasteiger partial charge in [0.05, 0.1) is 0 Å². The Labute approximate surface area is 103 Å². The van der Waals surface area contributed by atoms with Gasteiger partial charge in [-0.3, -0.25) is 9.69 Å². The highest BCUT2D eigenvalue weighted by Crippen LogP contribution is 2.27. The van der Waals surface area contributed by atoms with Crippen molar-refractivity contribution in [3.8, 4) is 12.3 Å². The summed E-state index contributed by atoms with van der Waals surface area (Å²) in [5.41, 5.74) is 0.981. The van der Waals surface area contributed by atoms with Gasteiger partial charge in [-0.2, -0.15) is 0 Å². The molecule has 1 saturated heterocycles. The van der Waals surface area contributed by atoms with Crippen LogP contribution in [-0.4, -0.2) is 17.4 Å². The molecular formula is C12H11BrN2O. The van der Waals surface area contributed by atoms with E-state index in [2.05, 4.69) is 26.8 Å². The Morgan fingerprint density at radius 2 is 2.38 bits per heavy atom. The molecule has 0 spiro atoms. The number of carbonyl (C=O) groups is 1. The fourth-order valence-electron chi connectivity index (χ4n) is 1.79. The quantitative estimate of drug-likeness (QED) is 0.583. The van der Waals surface area contributed by atoms with Crippen molar-refractivity contribution in [1.82, 2.24) is 4.98 Å². The van der Waals surface area contributed by atoms with E-state index in [1.54, 1.807) is 4.90 Å². The molecule has 0 N–H and O–H groups in total. The van der Waals surface area contributed by atoms with Crippen molar-refractivity contribution in [1.29, 1.82) is 0 Å². The third kappa shape index (κ3) is 1.96. The summed E-state index contributed by atoms with van der Waals surface area (Å²) < 4.78 is 0.727. The van der Waals surface area contributed by atoms with Crippen LogP contribution in [0, 0.1) is 25.2 Å². The van der Waals surface area contributed by atoms with E-state index in [1.807, 2.05) is 19.1 Å². The van der Waals surface area contributed by atoms with Crippen molar-refractivity contribution in [2.75, 3.05) is 11.4 Å². The number of terminal acetylenes is 1. The van der Waals surface area contributed by atoms with Crippen LogP contribution in [0.4, 0.5) is 5.82 Å². The predicted octanol–water partition coefficient (Wildman–Crippen LogP) is 2.14. The molecular weight excluding hydrogens is 268 g/mol. The third-order valence-electron chi connectivity index (χ3n) is 2.65. The lowest BCUT2D eigenvalue weighted by molar-refractivity contribution is -0.117. The van der Waals surface area contributed by atoms with Crippen molar-refractivity contribution in [2.45, 2.75) is 13.3 Å². The Morgan fingerprint density at radius 1 is 1.62 bits per heavy atom. The smallest absolute Gasteiger partial charge is 0.229 e. The Morgan fingerprint density at radius 3 is 3.00 bits per heavy atom. The van der Waals surface area contributed by atoms with Crippen LogP contribution in [0.3, 0.4) is 0 Å². The second-order valence-corrected chi connectivity index (χ2v) is 4.66. The fourth-order valence-corrected chi connectivity index (χ4v) is 2.09. The van der Waals surface area contributed by atoms with Gasteiger partial charge < -0.3 is 0 Å². The number of carbonyl (C=O) groups excluding carboxylic acids is 1. The van der Waals surface area contributed by atoms with Crippen molar-refractivity contribution < 1.29 is 4.79 Å². The van der Waals surface area contributed by atoms with Crippen LogP contribution >= 0.6 is 15.9 Å². The number of pyridine rings is 1. The number of rotatable bonds is 1. The topological polar surface area (TPSA) is 33.2 Å². The molecule has 0 saturated carbocycles. The Balaban J connectivity index is 2.35. The normalized spacial score (nSPS) is 19.9. The van der Waals surface area contributed by atoms with E-state index in [0.29, 0.717) is 18.8 Å². The van der Waals surface area contributed by atoms with Crippen LogP contribution in [-0.2, 0) is 4.79 Å². The molecule has 1 aromatic rings. The summed E-state index contributed by atoms with van der Waals surface area (Å²) in [7, 11) is 0. The standard InChI is InChI=1S/C12H11BrN2O/c1-3-9-6-11(16)15(7-9)12-8(2)4-5-10(13)14-12/h1,4-5,9H,6-7H2,2H3. The maximum absolute atomic E-state index is 11.8. The van der Waals surface area contributed by atoms with Crippen LogP contribution in [0.1, 0.15) is 12.0 Å². The average Bonchev–Trinajstić information content (AvgIpc) is 2.63. The highest BCUT2D eigenvalue weighted by atomic mass is 79.9. The van der Waals surface area contributed by atoms with Gasteiger partial charge in [-0.05, 0) is 34.5 Å². The number of anilines is 1. The summed E-state index contributed by atoms with van der Waals surface area (Å²) in [6, 6.07) is 3.79. The number of halogens is 1. The minimum absolute atomic E-state index is 0.00711. The summed E-state index contributed by atoms with van der Waals surface area (Å²) in [5.74, 6) is 3.39. The SMILES string of the molecule is C#CC1CC(=O)N(c2nc(Br)ccc2C)C1. The lowest BCUT2D eigenvalue weighted by Gasteiger charge is -2.17. The van der Waals surface area contributed by atoms with E-state index in [9.17, 15) is 4.79 Å². The van der Waals surface area contributed by atoms with Gasteiger partial charge in [0.15, 0.2) is 0 Å². The van der Waals surface area contributed by atoms with Crippen molar-refractivity contribution >= 4 is 27.7 Å². The summed E-state index contributed by atoms with van der Waals surface area (Å²) in [5, 5.41) is 0. The van der Waals surface area contributed by atoms with Gasteiger partial charge in [-0.1, -0.05) is 6.07 Å². The molecule has 1 fully saturated rings. The molecule has 0 radical (unpaired) electrons. The van der Waals surface area contributed by atoms with Gasteiger partial charge in [0, 0.05) is 18.9 Å². The number of amides is 1. The van der Waals surface area contributed by atoms with E-state index < -0.39 is 0 Å². The summed E-state index contributed by atoms with van der Waals surface area (Å²) in [6.45, 7) is 2.50. The zero-order chi connectivity index (χ0) is 11.7. The van der Waals surface area contributed by atoms with E-state index in [1.165, 1.54) is 0 Å². The maximum Gasteiger partial charge on any atom is 0.229 e. The molecule has 4 heteroatoms.